The van der Waals surface area contributed by atoms with E-state index in [4.69, 9.17) is 4.74 Å². The minimum atomic E-state index is -1.02. The summed E-state index contributed by atoms with van der Waals surface area (Å²) in [4.78, 5) is 12.2. The Morgan fingerprint density at radius 2 is 1.89 bits per heavy atom. The van der Waals surface area contributed by atoms with E-state index in [0.29, 0.717) is 6.61 Å². The topological polar surface area (TPSA) is 26.3 Å². The number of carbonyl (C=O) groups excluding carboxylic acids is 1. The van der Waals surface area contributed by atoms with Crippen LogP contribution in [-0.2, 0) is 4.74 Å². The molecule has 2 nitrogen and oxygen atoms in total. The van der Waals surface area contributed by atoms with Gasteiger partial charge in [0.15, 0.2) is 17.4 Å². The fourth-order valence-corrected chi connectivity index (χ4v) is 1.69. The summed E-state index contributed by atoms with van der Waals surface area (Å²) in [6.45, 7) is 7.77. The highest BCUT2D eigenvalue weighted by Gasteiger charge is 2.32. The SMILES string of the molecule is CCOC(C(=O)c1ccc(F)c(F)c1)C(C)(C)C. The third-order valence-corrected chi connectivity index (χ3v) is 2.56. The standard InChI is InChI=1S/C14H18F2O2/c1-5-18-13(14(2,3)4)12(17)9-6-7-10(15)11(16)8-9/h6-8,13H,5H2,1-4H3. The van der Waals surface area contributed by atoms with Crippen LogP contribution in [0.25, 0.3) is 0 Å². The molecule has 4 heteroatoms. The van der Waals surface area contributed by atoms with Crippen LogP contribution in [0, 0.1) is 17.0 Å². The van der Waals surface area contributed by atoms with E-state index in [2.05, 4.69) is 0 Å². The molecule has 0 amide bonds. The largest absolute Gasteiger partial charge is 0.370 e. The number of hydrogen-bond donors (Lipinski definition) is 0. The van der Waals surface area contributed by atoms with E-state index >= 15 is 0 Å². The minimum absolute atomic E-state index is 0.127. The van der Waals surface area contributed by atoms with E-state index in [9.17, 15) is 13.6 Å². The second-order valence-electron chi connectivity index (χ2n) is 5.19. The molecule has 0 aliphatic rings. The van der Waals surface area contributed by atoms with Gasteiger partial charge in [-0.05, 0) is 30.5 Å². The van der Waals surface area contributed by atoms with E-state index in [1.165, 1.54) is 6.07 Å². The molecule has 0 heterocycles. The van der Waals surface area contributed by atoms with Crippen LogP contribution in [0.4, 0.5) is 8.78 Å². The predicted molar refractivity (Wildman–Crippen MR) is 65.6 cm³/mol. The molecule has 0 aliphatic carbocycles. The number of hydrogen-bond acceptors (Lipinski definition) is 2. The van der Waals surface area contributed by atoms with Crippen LogP contribution in [0.1, 0.15) is 38.1 Å². The number of ether oxygens (including phenoxy) is 1. The van der Waals surface area contributed by atoms with Gasteiger partial charge in [-0.15, -0.1) is 0 Å². The number of benzene rings is 1. The minimum Gasteiger partial charge on any atom is -0.370 e. The average molecular weight is 256 g/mol. The van der Waals surface area contributed by atoms with Gasteiger partial charge in [0.1, 0.15) is 6.10 Å². The van der Waals surface area contributed by atoms with E-state index in [1.54, 1.807) is 6.92 Å². The van der Waals surface area contributed by atoms with Crippen LogP contribution in [-0.4, -0.2) is 18.5 Å². The lowest BCUT2D eigenvalue weighted by Gasteiger charge is -2.29. The van der Waals surface area contributed by atoms with Gasteiger partial charge < -0.3 is 4.74 Å². The van der Waals surface area contributed by atoms with Crippen molar-refractivity contribution >= 4 is 5.78 Å². The number of rotatable bonds is 4. The molecule has 0 bridgehead atoms. The molecule has 18 heavy (non-hydrogen) atoms. The molecular formula is C14H18F2O2. The molecule has 0 saturated heterocycles. The zero-order valence-corrected chi connectivity index (χ0v) is 11.1. The van der Waals surface area contributed by atoms with Gasteiger partial charge in [0, 0.05) is 12.2 Å². The Balaban J connectivity index is 3.06. The second-order valence-corrected chi connectivity index (χ2v) is 5.19. The molecule has 1 rings (SSSR count). The summed E-state index contributed by atoms with van der Waals surface area (Å²) in [6, 6.07) is 3.14. The van der Waals surface area contributed by atoms with E-state index in [-0.39, 0.29) is 11.3 Å². The lowest BCUT2D eigenvalue weighted by molar-refractivity contribution is -0.000249. The van der Waals surface area contributed by atoms with Crippen LogP contribution in [0.15, 0.2) is 18.2 Å². The van der Waals surface area contributed by atoms with Crippen molar-refractivity contribution in [1.29, 1.82) is 0 Å². The number of ketones is 1. The van der Waals surface area contributed by atoms with Gasteiger partial charge in [-0.25, -0.2) is 8.78 Å². The lowest BCUT2D eigenvalue weighted by atomic mass is 9.84. The van der Waals surface area contributed by atoms with Crippen LogP contribution in [0.2, 0.25) is 0 Å². The van der Waals surface area contributed by atoms with Crippen molar-refractivity contribution in [2.75, 3.05) is 6.61 Å². The summed E-state index contributed by atoms with van der Waals surface area (Å²) in [5.41, 5.74) is -0.278. The molecule has 0 N–H and O–H groups in total. The fourth-order valence-electron chi connectivity index (χ4n) is 1.69. The van der Waals surface area contributed by atoms with Crippen LogP contribution < -0.4 is 0 Å². The lowest BCUT2D eigenvalue weighted by Crippen LogP contribution is -2.37. The Morgan fingerprint density at radius 3 is 2.33 bits per heavy atom. The maximum absolute atomic E-state index is 13.1. The maximum atomic E-state index is 13.1. The van der Waals surface area contributed by atoms with Gasteiger partial charge in [-0.2, -0.15) is 0 Å². The molecule has 0 fully saturated rings. The first-order valence-electron chi connectivity index (χ1n) is 5.88. The van der Waals surface area contributed by atoms with Gasteiger partial charge in [-0.3, -0.25) is 4.79 Å². The molecule has 1 aromatic carbocycles. The molecule has 0 saturated carbocycles. The highest BCUT2D eigenvalue weighted by atomic mass is 19.2. The smallest absolute Gasteiger partial charge is 0.192 e. The summed E-state index contributed by atoms with van der Waals surface area (Å²) >= 11 is 0. The summed E-state index contributed by atoms with van der Waals surface area (Å²) in [5.74, 6) is -2.32. The molecule has 0 aromatic heterocycles. The molecule has 0 radical (unpaired) electrons. The third kappa shape index (κ3) is 3.35. The van der Waals surface area contributed by atoms with Crippen molar-refractivity contribution in [3.05, 3.63) is 35.4 Å². The van der Waals surface area contributed by atoms with Gasteiger partial charge in [-0.1, -0.05) is 20.8 Å². The van der Waals surface area contributed by atoms with Crippen molar-refractivity contribution in [3.8, 4) is 0 Å². The monoisotopic (exact) mass is 256 g/mol. The van der Waals surface area contributed by atoms with Crippen LogP contribution in [0.3, 0.4) is 0 Å². The maximum Gasteiger partial charge on any atom is 0.192 e. The van der Waals surface area contributed by atoms with Crippen LogP contribution in [0.5, 0.6) is 0 Å². The zero-order valence-electron chi connectivity index (χ0n) is 11.1. The molecule has 0 aliphatic heterocycles. The number of halogens is 2. The quantitative estimate of drug-likeness (QED) is 0.769. The van der Waals surface area contributed by atoms with Crippen molar-refractivity contribution in [3.63, 3.8) is 0 Å². The Bertz CT molecular complexity index is 436. The predicted octanol–water partition coefficient (Wildman–Crippen LogP) is 3.60. The van der Waals surface area contributed by atoms with Crippen LogP contribution >= 0.6 is 0 Å². The second kappa shape index (κ2) is 5.57. The third-order valence-electron chi connectivity index (χ3n) is 2.56. The Kier molecular flexibility index (Phi) is 4.57. The number of carbonyl (C=O) groups is 1. The summed E-state index contributed by atoms with van der Waals surface area (Å²) < 4.78 is 31.4. The van der Waals surface area contributed by atoms with Crippen molar-refractivity contribution in [1.82, 2.24) is 0 Å². The van der Waals surface area contributed by atoms with E-state index < -0.39 is 23.2 Å². The van der Waals surface area contributed by atoms with Crippen molar-refractivity contribution < 1.29 is 18.3 Å². The molecule has 1 aromatic rings. The van der Waals surface area contributed by atoms with Crippen molar-refractivity contribution in [2.24, 2.45) is 5.41 Å². The Morgan fingerprint density at radius 1 is 1.28 bits per heavy atom. The first-order chi connectivity index (χ1) is 8.27. The van der Waals surface area contributed by atoms with Gasteiger partial charge in [0.05, 0.1) is 0 Å². The zero-order chi connectivity index (χ0) is 13.9. The first kappa shape index (κ1) is 14.8. The highest BCUT2D eigenvalue weighted by molar-refractivity contribution is 6.00. The van der Waals surface area contributed by atoms with Crippen molar-refractivity contribution in [2.45, 2.75) is 33.8 Å². The van der Waals surface area contributed by atoms with Gasteiger partial charge >= 0.3 is 0 Å². The molecule has 0 spiro atoms. The molecule has 100 valence electrons. The van der Waals surface area contributed by atoms with E-state index in [1.807, 2.05) is 20.8 Å². The van der Waals surface area contributed by atoms with E-state index in [0.717, 1.165) is 12.1 Å². The summed E-state index contributed by atoms with van der Waals surface area (Å²) in [7, 11) is 0. The fraction of sp³-hybridized carbons (Fsp3) is 0.500. The average Bonchev–Trinajstić information content (AvgIpc) is 2.27. The molecule has 1 atom stereocenters. The summed E-state index contributed by atoms with van der Waals surface area (Å²) in [6.07, 6.45) is -0.674. The Labute approximate surface area is 106 Å². The summed E-state index contributed by atoms with van der Waals surface area (Å²) in [5, 5.41) is 0. The highest BCUT2D eigenvalue weighted by Crippen LogP contribution is 2.26. The Hall–Kier alpha value is -1.29. The normalized spacial score (nSPS) is 13.4. The molecular weight excluding hydrogens is 238 g/mol. The van der Waals surface area contributed by atoms with Gasteiger partial charge in [0.2, 0.25) is 0 Å². The number of Topliss-reactive ketones (excluding diaryl/α,β-unsaturated/α-hetero) is 1. The van der Waals surface area contributed by atoms with Gasteiger partial charge in [0.25, 0.3) is 0 Å². The first-order valence-corrected chi connectivity index (χ1v) is 5.88. The molecule has 1 unspecified atom stereocenters.